The predicted molar refractivity (Wildman–Crippen MR) is 89.7 cm³/mol. The second-order valence-electron chi connectivity index (χ2n) is 5.60. The van der Waals surface area contributed by atoms with E-state index in [2.05, 4.69) is 6.07 Å². The fourth-order valence-electron chi connectivity index (χ4n) is 2.51. The molecule has 0 amide bonds. The highest BCUT2D eigenvalue weighted by Gasteiger charge is 2.19. The number of aryl methyl sites for hydroxylation is 1. The quantitative estimate of drug-likeness (QED) is 0.736. The highest BCUT2D eigenvalue weighted by molar-refractivity contribution is 7.90. The van der Waals surface area contributed by atoms with Gasteiger partial charge >= 0.3 is 0 Å². The second-order valence-corrected chi connectivity index (χ2v) is 7.41. The smallest absolute Gasteiger partial charge is 0.241 e. The van der Waals surface area contributed by atoms with Crippen LogP contribution in [0.3, 0.4) is 0 Å². The van der Waals surface area contributed by atoms with Crippen LogP contribution in [0.5, 0.6) is 0 Å². The average Bonchev–Trinajstić information content (AvgIpc) is 2.98. The van der Waals surface area contributed by atoms with Gasteiger partial charge in [0.15, 0.2) is 0 Å². The molecule has 0 saturated heterocycles. The van der Waals surface area contributed by atoms with Gasteiger partial charge in [0.05, 0.1) is 22.4 Å². The molecule has 116 valence electrons. The zero-order valence-corrected chi connectivity index (χ0v) is 13.7. The SMILES string of the molecule is Cc1ccc(S(=O)(=O)n2ccc3cc([C@@H](C)C#N)ccc32)cc1. The molecule has 2 aromatic carbocycles. The molecule has 0 bridgehead atoms. The van der Waals surface area contributed by atoms with E-state index in [0.717, 1.165) is 16.5 Å². The minimum absolute atomic E-state index is 0.226. The molecule has 4 nitrogen and oxygen atoms in total. The number of hydrogen-bond donors (Lipinski definition) is 0. The summed E-state index contributed by atoms with van der Waals surface area (Å²) in [5, 5.41) is 9.82. The fraction of sp³-hybridized carbons (Fsp3) is 0.167. The average molecular weight is 324 g/mol. The molecule has 1 atom stereocenters. The first-order valence-corrected chi connectivity index (χ1v) is 8.70. The van der Waals surface area contributed by atoms with E-state index in [9.17, 15) is 8.42 Å². The highest BCUT2D eigenvalue weighted by Crippen LogP contribution is 2.25. The van der Waals surface area contributed by atoms with Crippen molar-refractivity contribution in [1.82, 2.24) is 3.97 Å². The van der Waals surface area contributed by atoms with Crippen LogP contribution in [-0.2, 0) is 10.0 Å². The van der Waals surface area contributed by atoms with Crippen molar-refractivity contribution in [3.05, 3.63) is 65.9 Å². The summed E-state index contributed by atoms with van der Waals surface area (Å²) in [6.07, 6.45) is 1.56. The molecule has 5 heteroatoms. The Bertz CT molecular complexity index is 1010. The minimum Gasteiger partial charge on any atom is -0.241 e. The number of hydrogen-bond acceptors (Lipinski definition) is 3. The normalized spacial score (nSPS) is 12.9. The van der Waals surface area contributed by atoms with Crippen LogP contribution in [0.15, 0.2) is 59.6 Å². The lowest BCUT2D eigenvalue weighted by Gasteiger charge is -2.09. The van der Waals surface area contributed by atoms with Crippen LogP contribution in [0, 0.1) is 18.3 Å². The summed E-state index contributed by atoms with van der Waals surface area (Å²) in [5.74, 6) is -0.226. The van der Waals surface area contributed by atoms with Gasteiger partial charge in [-0.15, -0.1) is 0 Å². The first kappa shape index (κ1) is 15.3. The van der Waals surface area contributed by atoms with Crippen LogP contribution in [0.25, 0.3) is 10.9 Å². The number of nitrogens with zero attached hydrogens (tertiary/aromatic N) is 2. The molecule has 0 aliphatic rings. The first-order chi connectivity index (χ1) is 10.9. The maximum Gasteiger partial charge on any atom is 0.268 e. The molecule has 1 aromatic heterocycles. The third kappa shape index (κ3) is 2.62. The standard InChI is InChI=1S/C18H16N2O2S/c1-13-3-6-17(7-4-13)23(21,22)20-10-9-16-11-15(14(2)12-19)5-8-18(16)20/h3-11,14H,1-2H3/t14-/m0/s1. The molecule has 0 aliphatic heterocycles. The molecule has 0 spiro atoms. The van der Waals surface area contributed by atoms with E-state index in [0.29, 0.717) is 5.52 Å². The van der Waals surface area contributed by atoms with Crippen LogP contribution in [0.2, 0.25) is 0 Å². The van der Waals surface area contributed by atoms with Gasteiger partial charge < -0.3 is 0 Å². The van der Waals surface area contributed by atoms with Gasteiger partial charge in [0.2, 0.25) is 0 Å². The molecule has 1 heterocycles. The van der Waals surface area contributed by atoms with Gasteiger partial charge in [0, 0.05) is 11.6 Å². The number of nitriles is 1. The van der Waals surface area contributed by atoms with Crippen LogP contribution >= 0.6 is 0 Å². The Hall–Kier alpha value is -2.58. The van der Waals surface area contributed by atoms with E-state index in [-0.39, 0.29) is 10.8 Å². The van der Waals surface area contributed by atoms with Crippen LogP contribution in [0.1, 0.15) is 24.0 Å². The second kappa shape index (κ2) is 5.56. The van der Waals surface area contributed by atoms with Crippen molar-refractivity contribution in [1.29, 1.82) is 5.26 Å². The van der Waals surface area contributed by atoms with Crippen molar-refractivity contribution in [3.8, 4) is 6.07 Å². The number of benzene rings is 2. The Morgan fingerprint density at radius 1 is 1.09 bits per heavy atom. The Morgan fingerprint density at radius 2 is 1.78 bits per heavy atom. The molecule has 0 unspecified atom stereocenters. The zero-order chi connectivity index (χ0) is 16.6. The summed E-state index contributed by atoms with van der Waals surface area (Å²) in [7, 11) is -3.63. The summed E-state index contributed by atoms with van der Waals surface area (Å²) in [5.41, 5.74) is 2.50. The fourth-order valence-corrected chi connectivity index (χ4v) is 3.87. The van der Waals surface area contributed by atoms with E-state index in [1.165, 1.54) is 3.97 Å². The van der Waals surface area contributed by atoms with Gasteiger partial charge in [-0.3, -0.25) is 0 Å². The molecule has 0 fully saturated rings. The molecule has 0 N–H and O–H groups in total. The summed E-state index contributed by atoms with van der Waals surface area (Å²) >= 11 is 0. The Morgan fingerprint density at radius 3 is 2.43 bits per heavy atom. The van der Waals surface area contributed by atoms with Crippen molar-refractivity contribution >= 4 is 20.9 Å². The van der Waals surface area contributed by atoms with Gasteiger partial charge in [-0.05, 0) is 49.7 Å². The molecule has 0 radical (unpaired) electrons. The maximum absolute atomic E-state index is 12.8. The number of aromatic nitrogens is 1. The largest absolute Gasteiger partial charge is 0.268 e. The monoisotopic (exact) mass is 324 g/mol. The minimum atomic E-state index is -3.63. The van der Waals surface area contributed by atoms with Crippen molar-refractivity contribution in [2.24, 2.45) is 0 Å². The molecule has 0 aliphatic carbocycles. The van der Waals surface area contributed by atoms with E-state index >= 15 is 0 Å². The van der Waals surface area contributed by atoms with Gasteiger partial charge in [0.1, 0.15) is 0 Å². The first-order valence-electron chi connectivity index (χ1n) is 7.26. The van der Waals surface area contributed by atoms with Gasteiger partial charge in [0.25, 0.3) is 10.0 Å². The third-order valence-corrected chi connectivity index (χ3v) is 5.65. The van der Waals surface area contributed by atoms with Crippen molar-refractivity contribution in [3.63, 3.8) is 0 Å². The van der Waals surface area contributed by atoms with Crippen molar-refractivity contribution in [2.75, 3.05) is 0 Å². The lowest BCUT2D eigenvalue weighted by atomic mass is 10.0. The summed E-state index contributed by atoms with van der Waals surface area (Å²) < 4.78 is 26.9. The highest BCUT2D eigenvalue weighted by atomic mass is 32.2. The van der Waals surface area contributed by atoms with Crippen LogP contribution in [-0.4, -0.2) is 12.4 Å². The Balaban J connectivity index is 2.13. The van der Waals surface area contributed by atoms with E-state index in [1.807, 2.05) is 19.9 Å². The van der Waals surface area contributed by atoms with Crippen LogP contribution in [0.4, 0.5) is 0 Å². The summed E-state index contributed by atoms with van der Waals surface area (Å²) in [4.78, 5) is 0.259. The number of rotatable bonds is 3. The van der Waals surface area contributed by atoms with E-state index < -0.39 is 10.0 Å². The summed E-state index contributed by atoms with van der Waals surface area (Å²) in [6, 6.07) is 16.2. The van der Waals surface area contributed by atoms with Crippen LogP contribution < -0.4 is 0 Å². The molecule has 3 aromatic rings. The topological polar surface area (TPSA) is 62.9 Å². The van der Waals surface area contributed by atoms with Gasteiger partial charge in [-0.25, -0.2) is 12.4 Å². The number of fused-ring (bicyclic) bond motifs is 1. The molecule has 3 rings (SSSR count). The lowest BCUT2D eigenvalue weighted by Crippen LogP contribution is -2.11. The van der Waals surface area contributed by atoms with Gasteiger partial charge in [-0.1, -0.05) is 23.8 Å². The predicted octanol–water partition coefficient (Wildman–Crippen LogP) is 3.81. The Labute approximate surface area is 135 Å². The van der Waals surface area contributed by atoms with Crippen molar-refractivity contribution < 1.29 is 8.42 Å². The van der Waals surface area contributed by atoms with Crippen molar-refractivity contribution in [2.45, 2.75) is 24.7 Å². The lowest BCUT2D eigenvalue weighted by molar-refractivity contribution is 0.589. The van der Waals surface area contributed by atoms with E-state index in [1.54, 1.807) is 48.7 Å². The summed E-state index contributed by atoms with van der Waals surface area (Å²) in [6.45, 7) is 3.74. The maximum atomic E-state index is 12.8. The molecular formula is C18H16N2O2S. The van der Waals surface area contributed by atoms with Gasteiger partial charge in [-0.2, -0.15) is 5.26 Å². The molecular weight excluding hydrogens is 308 g/mol. The molecule has 23 heavy (non-hydrogen) atoms. The Kier molecular flexibility index (Phi) is 3.70. The third-order valence-electron chi connectivity index (χ3n) is 3.95. The molecule has 0 saturated carbocycles. The zero-order valence-electron chi connectivity index (χ0n) is 12.9. The van der Waals surface area contributed by atoms with E-state index in [4.69, 9.17) is 5.26 Å².